The Morgan fingerprint density at radius 2 is 2.23 bits per heavy atom. The van der Waals surface area contributed by atoms with Crippen molar-refractivity contribution < 1.29 is 9.50 Å². The zero-order chi connectivity index (χ0) is 9.84. The van der Waals surface area contributed by atoms with Crippen molar-refractivity contribution >= 4 is 11.8 Å². The third-order valence-corrected chi connectivity index (χ3v) is 2.69. The zero-order valence-corrected chi connectivity index (χ0v) is 8.57. The van der Waals surface area contributed by atoms with E-state index < -0.39 is 6.10 Å². The molecule has 0 saturated carbocycles. The number of hydrogen-bond donors (Lipinski definition) is 1. The van der Waals surface area contributed by atoms with Crippen LogP contribution in [0, 0.1) is 5.82 Å². The van der Waals surface area contributed by atoms with Crippen molar-refractivity contribution in [3.63, 3.8) is 0 Å². The first-order valence-corrected chi connectivity index (χ1v) is 5.24. The first-order chi connectivity index (χ1) is 6.15. The monoisotopic (exact) mass is 200 g/mol. The molecule has 0 fully saturated rings. The molecule has 1 aromatic carbocycles. The molecule has 0 heterocycles. The number of thioether (sulfide) groups is 1. The Kier molecular flexibility index (Phi) is 3.75. The molecule has 1 atom stereocenters. The highest BCUT2D eigenvalue weighted by molar-refractivity contribution is 7.99. The van der Waals surface area contributed by atoms with E-state index in [0.29, 0.717) is 5.56 Å². The highest BCUT2D eigenvalue weighted by Gasteiger charge is 2.08. The maximum Gasteiger partial charge on any atom is 0.123 e. The molecule has 0 radical (unpaired) electrons. The van der Waals surface area contributed by atoms with E-state index in [4.69, 9.17) is 0 Å². The third-order valence-electron chi connectivity index (χ3n) is 1.72. The molecule has 1 aromatic rings. The Morgan fingerprint density at radius 1 is 1.54 bits per heavy atom. The molecule has 0 unspecified atom stereocenters. The first kappa shape index (κ1) is 10.5. The second-order valence-corrected chi connectivity index (χ2v) is 4.10. The van der Waals surface area contributed by atoms with Gasteiger partial charge in [0.15, 0.2) is 0 Å². The summed E-state index contributed by atoms with van der Waals surface area (Å²) in [5, 5.41) is 9.38. The highest BCUT2D eigenvalue weighted by Crippen LogP contribution is 2.27. The molecule has 0 aliphatic carbocycles. The van der Waals surface area contributed by atoms with Gasteiger partial charge in [-0.15, -0.1) is 11.8 Å². The van der Waals surface area contributed by atoms with Gasteiger partial charge in [0, 0.05) is 4.90 Å². The van der Waals surface area contributed by atoms with E-state index >= 15 is 0 Å². The fraction of sp³-hybridized carbons (Fsp3) is 0.400. The molecule has 0 bridgehead atoms. The average molecular weight is 200 g/mol. The van der Waals surface area contributed by atoms with Crippen LogP contribution in [0.25, 0.3) is 0 Å². The van der Waals surface area contributed by atoms with Gasteiger partial charge in [-0.3, -0.25) is 0 Å². The van der Waals surface area contributed by atoms with E-state index in [1.54, 1.807) is 24.8 Å². The van der Waals surface area contributed by atoms with Crippen molar-refractivity contribution in [2.45, 2.75) is 24.8 Å². The highest BCUT2D eigenvalue weighted by atomic mass is 32.2. The Balaban J connectivity index is 3.03. The molecule has 1 nitrogen and oxygen atoms in total. The molecule has 0 spiro atoms. The molecule has 1 N–H and O–H groups in total. The normalized spacial score (nSPS) is 12.9. The van der Waals surface area contributed by atoms with Gasteiger partial charge < -0.3 is 5.11 Å². The van der Waals surface area contributed by atoms with Gasteiger partial charge >= 0.3 is 0 Å². The van der Waals surface area contributed by atoms with E-state index in [2.05, 4.69) is 0 Å². The number of rotatable bonds is 3. The molecule has 0 saturated heterocycles. The van der Waals surface area contributed by atoms with Crippen LogP contribution in [0.2, 0.25) is 0 Å². The second kappa shape index (κ2) is 4.63. The van der Waals surface area contributed by atoms with Gasteiger partial charge in [0.25, 0.3) is 0 Å². The Labute approximate surface area is 82.0 Å². The minimum atomic E-state index is -0.607. The summed E-state index contributed by atoms with van der Waals surface area (Å²) < 4.78 is 12.8. The fourth-order valence-electron chi connectivity index (χ4n) is 1.13. The molecule has 1 rings (SSSR count). The summed E-state index contributed by atoms with van der Waals surface area (Å²) in [5.74, 6) is 0.627. The molecule has 0 aromatic heterocycles. The Morgan fingerprint density at radius 3 is 2.77 bits per heavy atom. The zero-order valence-electron chi connectivity index (χ0n) is 7.75. The fourth-order valence-corrected chi connectivity index (χ4v) is 2.00. The lowest BCUT2D eigenvalue weighted by Gasteiger charge is -2.10. The molecular weight excluding hydrogens is 187 g/mol. The second-order valence-electron chi connectivity index (χ2n) is 2.79. The standard InChI is InChI=1S/C10H13FOS/c1-3-13-10-5-4-8(11)6-9(10)7(2)12/h4-7,12H,3H2,1-2H3/t7-/m1/s1. The summed E-state index contributed by atoms with van der Waals surface area (Å²) in [5.41, 5.74) is 0.673. The van der Waals surface area contributed by atoms with Crippen LogP contribution in [-0.2, 0) is 0 Å². The van der Waals surface area contributed by atoms with Gasteiger partial charge in [-0.1, -0.05) is 6.92 Å². The van der Waals surface area contributed by atoms with Gasteiger partial charge in [-0.25, -0.2) is 4.39 Å². The summed E-state index contributed by atoms with van der Waals surface area (Å²) >= 11 is 1.61. The van der Waals surface area contributed by atoms with Crippen LogP contribution in [-0.4, -0.2) is 10.9 Å². The van der Waals surface area contributed by atoms with Crippen LogP contribution in [0.15, 0.2) is 23.1 Å². The number of aliphatic hydroxyl groups excluding tert-OH is 1. The SMILES string of the molecule is CCSc1ccc(F)cc1[C@@H](C)O. The summed E-state index contributed by atoms with van der Waals surface area (Å²) in [7, 11) is 0. The molecule has 13 heavy (non-hydrogen) atoms. The van der Waals surface area contributed by atoms with Crippen LogP contribution in [0.3, 0.4) is 0 Å². The van der Waals surface area contributed by atoms with Gasteiger partial charge in [-0.05, 0) is 36.4 Å². The predicted octanol–water partition coefficient (Wildman–Crippen LogP) is 2.99. The first-order valence-electron chi connectivity index (χ1n) is 4.25. The summed E-state index contributed by atoms with van der Waals surface area (Å²) in [6.45, 7) is 3.67. The lowest BCUT2D eigenvalue weighted by molar-refractivity contribution is 0.196. The maximum atomic E-state index is 12.8. The summed E-state index contributed by atoms with van der Waals surface area (Å²) in [4.78, 5) is 0.957. The molecular formula is C10H13FOS. The largest absolute Gasteiger partial charge is 0.389 e. The van der Waals surface area contributed by atoms with Crippen LogP contribution in [0.5, 0.6) is 0 Å². The predicted molar refractivity (Wildman–Crippen MR) is 53.4 cm³/mol. The molecule has 0 aliphatic heterocycles. The number of benzene rings is 1. The summed E-state index contributed by atoms with van der Waals surface area (Å²) in [6, 6.07) is 4.53. The lowest BCUT2D eigenvalue weighted by Crippen LogP contribution is -1.95. The minimum Gasteiger partial charge on any atom is -0.389 e. The van der Waals surface area contributed by atoms with Gasteiger partial charge in [0.05, 0.1) is 6.10 Å². The Hall–Kier alpha value is -0.540. The van der Waals surface area contributed by atoms with E-state index in [0.717, 1.165) is 10.6 Å². The van der Waals surface area contributed by atoms with Crippen molar-refractivity contribution in [3.05, 3.63) is 29.6 Å². The van der Waals surface area contributed by atoms with Crippen LogP contribution in [0.1, 0.15) is 25.5 Å². The minimum absolute atomic E-state index is 0.295. The van der Waals surface area contributed by atoms with Crippen molar-refractivity contribution in [2.75, 3.05) is 5.75 Å². The van der Waals surface area contributed by atoms with E-state index in [1.807, 2.05) is 6.92 Å². The van der Waals surface area contributed by atoms with Gasteiger partial charge in [-0.2, -0.15) is 0 Å². The lowest BCUT2D eigenvalue weighted by atomic mass is 10.1. The number of aliphatic hydroxyl groups is 1. The molecule has 0 amide bonds. The van der Waals surface area contributed by atoms with Crippen LogP contribution >= 0.6 is 11.8 Å². The maximum absolute atomic E-state index is 12.8. The van der Waals surface area contributed by atoms with Crippen molar-refractivity contribution in [1.29, 1.82) is 0 Å². The van der Waals surface area contributed by atoms with Crippen molar-refractivity contribution in [3.8, 4) is 0 Å². The quantitative estimate of drug-likeness (QED) is 0.757. The molecule has 3 heteroatoms. The third kappa shape index (κ3) is 2.71. The van der Waals surface area contributed by atoms with E-state index in [-0.39, 0.29) is 5.82 Å². The van der Waals surface area contributed by atoms with Crippen molar-refractivity contribution in [2.24, 2.45) is 0 Å². The van der Waals surface area contributed by atoms with Crippen LogP contribution in [0.4, 0.5) is 4.39 Å². The molecule has 0 aliphatic rings. The number of hydrogen-bond acceptors (Lipinski definition) is 2. The number of halogens is 1. The van der Waals surface area contributed by atoms with Crippen LogP contribution < -0.4 is 0 Å². The average Bonchev–Trinajstić information content (AvgIpc) is 2.08. The van der Waals surface area contributed by atoms with Gasteiger partial charge in [0.2, 0.25) is 0 Å². The topological polar surface area (TPSA) is 20.2 Å². The Bertz CT molecular complexity index is 286. The smallest absolute Gasteiger partial charge is 0.123 e. The van der Waals surface area contributed by atoms with E-state index in [1.165, 1.54) is 12.1 Å². The summed E-state index contributed by atoms with van der Waals surface area (Å²) in [6.07, 6.45) is -0.607. The molecule has 72 valence electrons. The van der Waals surface area contributed by atoms with Gasteiger partial charge in [0.1, 0.15) is 5.82 Å². The van der Waals surface area contributed by atoms with E-state index in [9.17, 15) is 9.50 Å². The van der Waals surface area contributed by atoms with Crippen molar-refractivity contribution in [1.82, 2.24) is 0 Å².